The van der Waals surface area contributed by atoms with Crippen LogP contribution in [0.4, 0.5) is 0 Å². The van der Waals surface area contributed by atoms with Crippen LogP contribution in [0.1, 0.15) is 35.9 Å². The highest BCUT2D eigenvalue weighted by atomic mass is 16.2. The average Bonchev–Trinajstić information content (AvgIpc) is 2.70. The summed E-state index contributed by atoms with van der Waals surface area (Å²) in [6.07, 6.45) is 0.296. The van der Waals surface area contributed by atoms with Crippen LogP contribution in [0.5, 0.6) is 0 Å². The zero-order chi connectivity index (χ0) is 13.7. The number of hydrogen-bond acceptors (Lipinski definition) is 2. The molecule has 0 fully saturated rings. The van der Waals surface area contributed by atoms with Gasteiger partial charge in [0.25, 0.3) is 5.91 Å². The highest BCUT2D eigenvalue weighted by Crippen LogP contribution is 2.33. The van der Waals surface area contributed by atoms with Gasteiger partial charge in [-0.3, -0.25) is 14.5 Å². The van der Waals surface area contributed by atoms with Crippen molar-refractivity contribution >= 4 is 22.7 Å². The predicted molar refractivity (Wildman–Crippen MR) is 73.1 cm³/mol. The smallest absolute Gasteiger partial charge is 0.262 e. The van der Waals surface area contributed by atoms with Gasteiger partial charge in [-0.1, -0.05) is 18.2 Å². The normalized spacial score (nSPS) is 15.5. The van der Waals surface area contributed by atoms with E-state index in [1.807, 2.05) is 24.3 Å². The largest absolute Gasteiger partial charge is 0.341 e. The van der Waals surface area contributed by atoms with Crippen LogP contribution in [-0.2, 0) is 11.2 Å². The number of hydrogen-bond donors (Lipinski definition) is 0. The lowest BCUT2D eigenvalue weighted by atomic mass is 10.0. The lowest BCUT2D eigenvalue weighted by Crippen LogP contribution is -2.39. The number of likely N-dealkylation sites (N-methyl/N-ethyl adjacent to an activating group) is 1. The number of imide groups is 1. The van der Waals surface area contributed by atoms with E-state index in [2.05, 4.69) is 18.4 Å². The van der Waals surface area contributed by atoms with Gasteiger partial charge in [0.1, 0.15) is 0 Å². The van der Waals surface area contributed by atoms with E-state index in [0.717, 1.165) is 16.6 Å². The van der Waals surface area contributed by atoms with Gasteiger partial charge in [0.15, 0.2) is 0 Å². The number of amides is 2. The van der Waals surface area contributed by atoms with Gasteiger partial charge >= 0.3 is 0 Å². The number of benzene rings is 1. The van der Waals surface area contributed by atoms with E-state index < -0.39 is 0 Å². The minimum atomic E-state index is -0.193. The highest BCUT2D eigenvalue weighted by molar-refractivity contribution is 6.16. The topological polar surface area (TPSA) is 42.3 Å². The van der Waals surface area contributed by atoms with Crippen molar-refractivity contribution in [3.63, 3.8) is 0 Å². The van der Waals surface area contributed by atoms with Crippen LogP contribution < -0.4 is 0 Å². The maximum atomic E-state index is 12.4. The molecule has 2 aromatic rings. The molecule has 3 rings (SSSR count). The number of carbonyl (C=O) groups is 2. The van der Waals surface area contributed by atoms with Gasteiger partial charge in [-0.2, -0.15) is 0 Å². The number of nitrogens with zero attached hydrogens (tertiary/aromatic N) is 2. The Morgan fingerprint density at radius 3 is 2.53 bits per heavy atom. The monoisotopic (exact) mass is 256 g/mol. The second-order valence-corrected chi connectivity index (χ2v) is 5.24. The molecule has 1 aliphatic heterocycles. The van der Waals surface area contributed by atoms with Crippen LogP contribution in [0.15, 0.2) is 24.3 Å². The fourth-order valence-corrected chi connectivity index (χ4v) is 2.86. The maximum Gasteiger partial charge on any atom is 0.262 e. The number of fused-ring (bicyclic) bond motifs is 3. The summed E-state index contributed by atoms with van der Waals surface area (Å²) in [5, 5.41) is 0.940. The molecule has 0 N–H and O–H groups in total. The molecule has 19 heavy (non-hydrogen) atoms. The second kappa shape index (κ2) is 3.95. The molecule has 4 heteroatoms. The maximum absolute atomic E-state index is 12.4. The number of rotatable bonds is 1. The summed E-state index contributed by atoms with van der Waals surface area (Å²) in [5.74, 6) is -0.330. The molecule has 0 unspecified atom stereocenters. The Bertz CT molecular complexity index is 697. The minimum Gasteiger partial charge on any atom is -0.341 e. The van der Waals surface area contributed by atoms with E-state index >= 15 is 0 Å². The lowest BCUT2D eigenvalue weighted by molar-refractivity contribution is -0.127. The molecule has 98 valence electrons. The molecule has 2 amide bonds. The molecule has 2 heterocycles. The molecule has 0 aliphatic carbocycles. The summed E-state index contributed by atoms with van der Waals surface area (Å²) in [6, 6.07) is 8.07. The lowest BCUT2D eigenvalue weighted by Gasteiger charge is -2.23. The number of carbonyl (C=O) groups excluding carboxylic acids is 2. The second-order valence-electron chi connectivity index (χ2n) is 5.24. The van der Waals surface area contributed by atoms with Crippen LogP contribution in [0.2, 0.25) is 0 Å². The minimum absolute atomic E-state index is 0.137. The highest BCUT2D eigenvalue weighted by Gasteiger charge is 2.33. The van der Waals surface area contributed by atoms with Crippen molar-refractivity contribution in [2.24, 2.45) is 0 Å². The van der Waals surface area contributed by atoms with Crippen molar-refractivity contribution in [2.75, 3.05) is 7.05 Å². The summed E-state index contributed by atoms with van der Waals surface area (Å²) in [6.45, 7) is 4.14. The van der Waals surface area contributed by atoms with Crippen molar-refractivity contribution in [2.45, 2.75) is 26.3 Å². The van der Waals surface area contributed by atoms with Crippen molar-refractivity contribution in [1.29, 1.82) is 0 Å². The standard InChI is InChI=1S/C15H16N2O2/c1-9(2)17-11-7-5-4-6-10(11)14-12(17)8-13(18)16(3)15(14)19/h4-7,9H,8H2,1-3H3. The third-order valence-corrected chi connectivity index (χ3v) is 3.74. The van der Waals surface area contributed by atoms with Gasteiger partial charge in [0.05, 0.1) is 12.0 Å². The van der Waals surface area contributed by atoms with Gasteiger partial charge in [-0.15, -0.1) is 0 Å². The van der Waals surface area contributed by atoms with Crippen LogP contribution in [0.3, 0.4) is 0 Å². The van der Waals surface area contributed by atoms with E-state index in [4.69, 9.17) is 0 Å². The molecule has 0 saturated heterocycles. The first-order valence-electron chi connectivity index (χ1n) is 6.45. The molecule has 1 aromatic heterocycles. The predicted octanol–water partition coefficient (Wildman–Crippen LogP) is 2.38. The summed E-state index contributed by atoms with van der Waals surface area (Å²) in [4.78, 5) is 25.5. The summed E-state index contributed by atoms with van der Waals surface area (Å²) >= 11 is 0. The Hall–Kier alpha value is -2.10. The first kappa shape index (κ1) is 12.0. The van der Waals surface area contributed by atoms with Gasteiger partial charge in [0, 0.05) is 29.7 Å². The Kier molecular flexibility index (Phi) is 2.49. The molecule has 1 aromatic carbocycles. The van der Waals surface area contributed by atoms with E-state index in [-0.39, 0.29) is 17.9 Å². The van der Waals surface area contributed by atoms with Crippen molar-refractivity contribution in [3.8, 4) is 0 Å². The molecule has 0 bridgehead atoms. The Morgan fingerprint density at radius 1 is 1.16 bits per heavy atom. The molecular formula is C15H16N2O2. The average molecular weight is 256 g/mol. The van der Waals surface area contributed by atoms with Crippen LogP contribution in [0.25, 0.3) is 10.9 Å². The molecule has 0 radical (unpaired) electrons. The third-order valence-electron chi connectivity index (χ3n) is 3.74. The van der Waals surface area contributed by atoms with Gasteiger partial charge in [-0.25, -0.2) is 0 Å². The molecule has 0 atom stereocenters. The molecule has 4 nitrogen and oxygen atoms in total. The quantitative estimate of drug-likeness (QED) is 0.735. The Morgan fingerprint density at radius 2 is 1.84 bits per heavy atom. The van der Waals surface area contributed by atoms with Crippen LogP contribution in [0, 0.1) is 0 Å². The fourth-order valence-electron chi connectivity index (χ4n) is 2.86. The first-order chi connectivity index (χ1) is 9.02. The van der Waals surface area contributed by atoms with Crippen molar-refractivity contribution in [3.05, 3.63) is 35.5 Å². The van der Waals surface area contributed by atoms with E-state index in [0.29, 0.717) is 12.0 Å². The third kappa shape index (κ3) is 1.52. The van der Waals surface area contributed by atoms with Gasteiger partial charge < -0.3 is 4.57 Å². The zero-order valence-electron chi connectivity index (χ0n) is 11.3. The van der Waals surface area contributed by atoms with Crippen LogP contribution >= 0.6 is 0 Å². The molecule has 1 aliphatic rings. The molecule has 0 saturated carbocycles. The van der Waals surface area contributed by atoms with E-state index in [1.54, 1.807) is 7.05 Å². The SMILES string of the molecule is CC(C)n1c2c(c3ccccc31)C(=O)N(C)C(=O)C2. The summed E-state index contributed by atoms with van der Waals surface area (Å²) < 4.78 is 2.10. The van der Waals surface area contributed by atoms with Gasteiger partial charge in [0.2, 0.25) is 5.91 Å². The Labute approximate surface area is 111 Å². The first-order valence-corrected chi connectivity index (χ1v) is 6.45. The van der Waals surface area contributed by atoms with E-state index in [1.165, 1.54) is 4.90 Å². The summed E-state index contributed by atoms with van der Waals surface area (Å²) in [5.41, 5.74) is 2.56. The number of para-hydroxylation sites is 1. The molecule has 0 spiro atoms. The Balaban J connectivity index is 2.42. The van der Waals surface area contributed by atoms with Gasteiger partial charge in [-0.05, 0) is 19.9 Å². The summed E-state index contributed by atoms with van der Waals surface area (Å²) in [7, 11) is 1.55. The fraction of sp³-hybridized carbons (Fsp3) is 0.333. The molecular weight excluding hydrogens is 240 g/mol. The number of aromatic nitrogens is 1. The van der Waals surface area contributed by atoms with Crippen molar-refractivity contribution < 1.29 is 9.59 Å². The van der Waals surface area contributed by atoms with Crippen LogP contribution in [-0.4, -0.2) is 28.3 Å². The van der Waals surface area contributed by atoms with Crippen molar-refractivity contribution in [1.82, 2.24) is 9.47 Å². The zero-order valence-corrected chi connectivity index (χ0v) is 11.3. The van der Waals surface area contributed by atoms with E-state index in [9.17, 15) is 9.59 Å².